The van der Waals surface area contributed by atoms with Crippen LogP contribution in [0.5, 0.6) is 0 Å². The van der Waals surface area contributed by atoms with E-state index >= 15 is 0 Å². The largest absolute Gasteiger partial charge is 0.467 e. The number of benzene rings is 1. The Morgan fingerprint density at radius 3 is 2.82 bits per heavy atom. The molecule has 2 aromatic heterocycles. The Balaban J connectivity index is 1.41. The van der Waals surface area contributed by atoms with Crippen LogP contribution in [0.2, 0.25) is 5.02 Å². The molecular formula is C24H27ClN6O5S2. The third-order valence-corrected chi connectivity index (χ3v) is 9.28. The van der Waals surface area contributed by atoms with Crippen LogP contribution in [0.3, 0.4) is 0 Å². The van der Waals surface area contributed by atoms with Gasteiger partial charge < -0.3 is 20.3 Å². The molecule has 38 heavy (non-hydrogen) atoms. The van der Waals surface area contributed by atoms with E-state index in [2.05, 4.69) is 14.9 Å². The lowest BCUT2D eigenvalue weighted by atomic mass is 10.0. The van der Waals surface area contributed by atoms with Crippen LogP contribution in [0.15, 0.2) is 30.6 Å². The Labute approximate surface area is 230 Å². The number of nitrogens with two attached hydrogens (primary N) is 1. The number of rotatable bonds is 8. The first kappa shape index (κ1) is 26.6. The lowest BCUT2D eigenvalue weighted by Crippen LogP contribution is -2.49. The number of hydrogen-bond donors (Lipinski definition) is 2. The van der Waals surface area contributed by atoms with Gasteiger partial charge in [0.05, 0.1) is 13.3 Å². The molecule has 2 fully saturated rings. The summed E-state index contributed by atoms with van der Waals surface area (Å²) in [6, 6.07) is 3.39. The van der Waals surface area contributed by atoms with Crippen LogP contribution >= 0.6 is 22.9 Å². The van der Waals surface area contributed by atoms with Gasteiger partial charge in [0.25, 0.3) is 11.3 Å². The third-order valence-electron chi connectivity index (χ3n) is 6.96. The Hall–Kier alpha value is -3.00. The molecule has 14 heteroatoms. The first-order chi connectivity index (χ1) is 18.3. The van der Waals surface area contributed by atoms with Gasteiger partial charge >= 0.3 is 5.97 Å². The zero-order chi connectivity index (χ0) is 27.0. The van der Waals surface area contributed by atoms with Crippen molar-refractivity contribution in [2.75, 3.05) is 41.7 Å². The predicted octanol–water partition coefficient (Wildman–Crippen LogP) is 2.86. The van der Waals surface area contributed by atoms with E-state index in [1.54, 1.807) is 18.3 Å². The summed E-state index contributed by atoms with van der Waals surface area (Å²) in [5.74, 6) is -0.703. The van der Waals surface area contributed by atoms with Crippen molar-refractivity contribution in [1.82, 2.24) is 14.9 Å². The van der Waals surface area contributed by atoms with Gasteiger partial charge in [-0.05, 0) is 48.4 Å². The van der Waals surface area contributed by atoms with Crippen LogP contribution in [0, 0.1) is 0 Å². The van der Waals surface area contributed by atoms with E-state index in [-0.39, 0.29) is 19.4 Å². The number of hydrogen-bond acceptors (Lipinski definition) is 9. The summed E-state index contributed by atoms with van der Waals surface area (Å²) < 4.78 is 28.8. The molecule has 0 spiro atoms. The summed E-state index contributed by atoms with van der Waals surface area (Å²) in [6.07, 6.45) is 5.60. The quantitative estimate of drug-likeness (QED) is 0.305. The second-order valence-electron chi connectivity index (χ2n) is 9.17. The number of anilines is 3. The minimum atomic E-state index is -2.47. The fraction of sp³-hybridized carbons (Fsp3) is 0.417. The second-order valence-corrected chi connectivity index (χ2v) is 11.4. The normalized spacial score (nSPS) is 19.2. The molecule has 0 aliphatic carbocycles. The Kier molecular flexibility index (Phi) is 7.70. The molecule has 0 radical (unpaired) electrons. The highest BCUT2D eigenvalue weighted by molar-refractivity contribution is 7.81. The molecule has 3 atom stereocenters. The monoisotopic (exact) mass is 578 g/mol. The fourth-order valence-corrected chi connectivity index (χ4v) is 7.14. The molecule has 2 aliphatic heterocycles. The summed E-state index contributed by atoms with van der Waals surface area (Å²) in [4.78, 5) is 38.5. The number of nitrogens with zero attached hydrogens (tertiary/aromatic N) is 5. The van der Waals surface area contributed by atoms with Crippen LogP contribution in [0.4, 0.5) is 16.0 Å². The Morgan fingerprint density at radius 2 is 2.11 bits per heavy atom. The van der Waals surface area contributed by atoms with Crippen LogP contribution < -0.4 is 14.9 Å². The number of amides is 1. The van der Waals surface area contributed by atoms with E-state index in [9.17, 15) is 18.4 Å². The first-order valence-electron chi connectivity index (χ1n) is 12.1. The van der Waals surface area contributed by atoms with Gasteiger partial charge in [-0.1, -0.05) is 22.9 Å². The number of aromatic nitrogens is 2. The number of esters is 1. The predicted molar refractivity (Wildman–Crippen MR) is 148 cm³/mol. The number of methoxy groups -OCH3 is 1. The molecular weight excluding hydrogens is 552 g/mol. The number of thiazole rings is 1. The molecule has 5 rings (SSSR count). The highest BCUT2D eigenvalue weighted by Crippen LogP contribution is 2.36. The van der Waals surface area contributed by atoms with E-state index in [1.807, 2.05) is 6.07 Å². The van der Waals surface area contributed by atoms with Gasteiger partial charge in [0, 0.05) is 42.7 Å². The highest BCUT2D eigenvalue weighted by Gasteiger charge is 2.44. The Bertz CT molecular complexity index is 1400. The smallest absolute Gasteiger partial charge is 0.328 e. The van der Waals surface area contributed by atoms with Crippen molar-refractivity contribution in [3.63, 3.8) is 0 Å². The molecule has 3 N–H and O–H groups in total. The van der Waals surface area contributed by atoms with E-state index in [1.165, 1.54) is 33.8 Å². The number of likely N-dealkylation sites (tertiary alicyclic amines) is 1. The maximum atomic E-state index is 13.6. The number of ether oxygens (including phenoxy) is 1. The summed E-state index contributed by atoms with van der Waals surface area (Å²) in [5, 5.41) is 3.04. The van der Waals surface area contributed by atoms with Gasteiger partial charge in [0.2, 0.25) is 5.91 Å². The molecule has 2 saturated heterocycles. The van der Waals surface area contributed by atoms with E-state index < -0.39 is 35.2 Å². The zero-order valence-electron chi connectivity index (χ0n) is 20.6. The summed E-state index contributed by atoms with van der Waals surface area (Å²) in [6.45, 7) is 1.97. The number of pyridine rings is 1. The molecule has 1 aromatic carbocycles. The number of halogens is 1. The minimum Gasteiger partial charge on any atom is -0.467 e. The maximum absolute atomic E-state index is 13.6. The first-order valence-corrected chi connectivity index (χ1v) is 14.4. The molecule has 3 aromatic rings. The number of carbonyl (C=O) groups excluding carboxylic acids is 2. The van der Waals surface area contributed by atoms with Crippen LogP contribution in [0.1, 0.15) is 24.8 Å². The summed E-state index contributed by atoms with van der Waals surface area (Å²) in [7, 11) is 1.26. The average molecular weight is 579 g/mol. The lowest BCUT2D eigenvalue weighted by molar-refractivity contribution is -0.151. The van der Waals surface area contributed by atoms with Crippen molar-refractivity contribution in [3.05, 3.63) is 41.2 Å². The topological polar surface area (TPSA) is 142 Å². The van der Waals surface area contributed by atoms with Crippen molar-refractivity contribution >= 4 is 72.8 Å². The second kappa shape index (κ2) is 11.0. The van der Waals surface area contributed by atoms with Crippen molar-refractivity contribution in [2.24, 2.45) is 0 Å². The third kappa shape index (κ3) is 5.03. The molecule has 1 amide bonds. The van der Waals surface area contributed by atoms with Crippen molar-refractivity contribution < 1.29 is 23.1 Å². The molecule has 4 heterocycles. The SMILES string of the molecule is COC(=O)[C@@H](Cc1cc2ccnc(N)c2cc1Cl)N1CC[C@H](N(c2cnc(N3CCCC3)s2)S(=O)O)C1=O. The average Bonchev–Trinajstić information content (AvgIpc) is 3.66. The van der Waals surface area contributed by atoms with Crippen LogP contribution in [-0.4, -0.2) is 74.3 Å². The van der Waals surface area contributed by atoms with Gasteiger partial charge in [-0.25, -0.2) is 23.3 Å². The van der Waals surface area contributed by atoms with Crippen LogP contribution in [0.25, 0.3) is 10.8 Å². The number of nitrogen functional groups attached to an aromatic ring is 1. The summed E-state index contributed by atoms with van der Waals surface area (Å²) >= 11 is 5.34. The Morgan fingerprint density at radius 1 is 1.34 bits per heavy atom. The zero-order valence-corrected chi connectivity index (χ0v) is 23.0. The van der Waals surface area contributed by atoms with Gasteiger partial charge in [-0.2, -0.15) is 0 Å². The highest BCUT2D eigenvalue weighted by atomic mass is 35.5. The summed E-state index contributed by atoms with van der Waals surface area (Å²) in [5.41, 5.74) is 6.60. The van der Waals surface area contributed by atoms with E-state index in [4.69, 9.17) is 22.1 Å². The maximum Gasteiger partial charge on any atom is 0.328 e. The standard InChI is InChI=1S/C24H27ClN6O5S2/c1-36-23(33)19(11-15-10-14-4-6-27-21(26)16(14)12-17(15)25)30-9-5-18(22(30)32)31(38(34)35)20-13-28-24(37-20)29-7-2-3-8-29/h4,6,10,12-13,18-19H,2-3,5,7-9,11H2,1H3,(H2,26,27)(H,34,35)/t18-,19+/m0/s1. The molecule has 11 nitrogen and oxygen atoms in total. The van der Waals surface area contributed by atoms with Crippen molar-refractivity contribution in [1.29, 1.82) is 0 Å². The van der Waals surface area contributed by atoms with Gasteiger partial charge in [-0.3, -0.25) is 9.35 Å². The molecule has 0 saturated carbocycles. The molecule has 1 unspecified atom stereocenters. The van der Waals surface area contributed by atoms with Gasteiger partial charge in [0.15, 0.2) is 5.13 Å². The molecule has 0 bridgehead atoms. The van der Waals surface area contributed by atoms with Gasteiger partial charge in [-0.15, -0.1) is 0 Å². The van der Waals surface area contributed by atoms with Gasteiger partial charge in [0.1, 0.15) is 22.9 Å². The van der Waals surface area contributed by atoms with E-state index in [0.29, 0.717) is 26.8 Å². The van der Waals surface area contributed by atoms with Crippen LogP contribution in [-0.2, 0) is 32.0 Å². The lowest BCUT2D eigenvalue weighted by Gasteiger charge is -2.28. The molecule has 2 aliphatic rings. The minimum absolute atomic E-state index is 0.101. The van der Waals surface area contributed by atoms with Crippen molar-refractivity contribution in [3.8, 4) is 0 Å². The fourth-order valence-electron chi connectivity index (χ4n) is 5.05. The number of carbonyl (C=O) groups is 2. The van der Waals surface area contributed by atoms with E-state index in [0.717, 1.165) is 36.4 Å². The number of fused-ring (bicyclic) bond motifs is 1. The van der Waals surface area contributed by atoms with Crippen molar-refractivity contribution in [2.45, 2.75) is 37.8 Å². The molecule has 202 valence electrons.